The van der Waals surface area contributed by atoms with Gasteiger partial charge in [-0.3, -0.25) is 0 Å². The Kier molecular flexibility index (Phi) is 5.27. The van der Waals surface area contributed by atoms with Gasteiger partial charge in [-0.25, -0.2) is 26.7 Å². The Morgan fingerprint density at radius 1 is 1.42 bits per heavy atom. The molecule has 1 rings (SSSR count). The smallest absolute Gasteiger partial charge is 0.341 e. The van der Waals surface area contributed by atoms with E-state index >= 15 is 0 Å². The van der Waals surface area contributed by atoms with E-state index in [2.05, 4.69) is 4.72 Å². The zero-order valence-electron chi connectivity index (χ0n) is 9.81. The number of benzene rings is 1. The van der Waals surface area contributed by atoms with Crippen molar-refractivity contribution in [3.8, 4) is 0 Å². The third-order valence-electron chi connectivity index (χ3n) is 2.16. The third kappa shape index (κ3) is 3.64. The van der Waals surface area contributed by atoms with E-state index in [4.69, 9.17) is 5.11 Å². The zero-order valence-corrected chi connectivity index (χ0v) is 11.4. The van der Waals surface area contributed by atoms with Crippen LogP contribution in [0, 0.1) is 11.6 Å². The molecule has 0 saturated heterocycles. The number of carbonyl (C=O) groups is 1. The molecule has 0 atom stereocenters. The van der Waals surface area contributed by atoms with Crippen molar-refractivity contribution in [3.63, 3.8) is 0 Å². The molecule has 0 amide bonds. The SMILES string of the molecule is CSCCNS(=O)(=O)c1ccc(F)c(C(=O)O)c1F. The summed E-state index contributed by atoms with van der Waals surface area (Å²) >= 11 is 1.38. The first-order chi connectivity index (χ1) is 8.81. The average Bonchev–Trinajstić information content (AvgIpc) is 2.28. The molecular formula is C10H11F2NO4S2. The van der Waals surface area contributed by atoms with E-state index in [-0.39, 0.29) is 6.54 Å². The van der Waals surface area contributed by atoms with E-state index < -0.39 is 38.1 Å². The average molecular weight is 311 g/mol. The first kappa shape index (κ1) is 15.9. The van der Waals surface area contributed by atoms with Gasteiger partial charge in [-0.05, 0) is 18.4 Å². The fourth-order valence-corrected chi connectivity index (χ4v) is 2.84. The number of thioether (sulfide) groups is 1. The summed E-state index contributed by atoms with van der Waals surface area (Å²) in [5.74, 6) is -4.33. The van der Waals surface area contributed by atoms with Crippen molar-refractivity contribution in [2.24, 2.45) is 0 Å². The van der Waals surface area contributed by atoms with E-state index in [0.717, 1.165) is 0 Å². The van der Waals surface area contributed by atoms with E-state index in [1.165, 1.54) is 11.8 Å². The fraction of sp³-hybridized carbons (Fsp3) is 0.300. The summed E-state index contributed by atoms with van der Waals surface area (Å²) in [5.41, 5.74) is -1.28. The number of sulfonamides is 1. The highest BCUT2D eigenvalue weighted by molar-refractivity contribution is 7.98. The topological polar surface area (TPSA) is 83.5 Å². The highest BCUT2D eigenvalue weighted by Gasteiger charge is 2.26. The Balaban J connectivity index is 3.21. The van der Waals surface area contributed by atoms with E-state index in [1.807, 2.05) is 0 Å². The first-order valence-corrected chi connectivity index (χ1v) is 7.89. The monoisotopic (exact) mass is 311 g/mol. The number of aromatic carboxylic acids is 1. The fourth-order valence-electron chi connectivity index (χ4n) is 1.29. The van der Waals surface area contributed by atoms with Gasteiger partial charge >= 0.3 is 5.97 Å². The standard InChI is InChI=1S/C10H11F2NO4S2/c1-18-5-4-13-19(16,17)7-3-2-6(11)8(9(7)12)10(14)15/h2-3,13H,4-5H2,1H3,(H,14,15). The van der Waals surface area contributed by atoms with Gasteiger partial charge in [0.15, 0.2) is 5.82 Å². The number of hydrogen-bond acceptors (Lipinski definition) is 4. The largest absolute Gasteiger partial charge is 0.477 e. The van der Waals surface area contributed by atoms with Gasteiger partial charge in [0.25, 0.3) is 0 Å². The number of hydrogen-bond donors (Lipinski definition) is 2. The molecular weight excluding hydrogens is 300 g/mol. The Labute approximate surface area is 113 Å². The maximum Gasteiger partial charge on any atom is 0.341 e. The van der Waals surface area contributed by atoms with Crippen molar-refractivity contribution in [2.75, 3.05) is 18.6 Å². The molecule has 0 unspecified atom stereocenters. The van der Waals surface area contributed by atoms with Crippen LogP contribution in [0.15, 0.2) is 17.0 Å². The molecule has 0 bridgehead atoms. The number of carboxylic acids is 1. The van der Waals surface area contributed by atoms with Gasteiger partial charge in [-0.2, -0.15) is 11.8 Å². The molecule has 0 heterocycles. The van der Waals surface area contributed by atoms with Crippen LogP contribution in [0.4, 0.5) is 8.78 Å². The summed E-state index contributed by atoms with van der Waals surface area (Å²) < 4.78 is 52.5. The van der Waals surface area contributed by atoms with Crippen LogP contribution in [0.1, 0.15) is 10.4 Å². The van der Waals surface area contributed by atoms with Gasteiger partial charge < -0.3 is 5.11 Å². The molecule has 0 aliphatic heterocycles. The predicted octanol–water partition coefficient (Wildman–Crippen LogP) is 1.30. The molecule has 1 aromatic carbocycles. The zero-order chi connectivity index (χ0) is 14.6. The van der Waals surface area contributed by atoms with E-state index in [9.17, 15) is 22.0 Å². The molecule has 0 spiro atoms. The summed E-state index contributed by atoms with van der Waals surface area (Å²) in [5, 5.41) is 8.65. The summed E-state index contributed by atoms with van der Waals surface area (Å²) in [6.45, 7) is 0.0583. The first-order valence-electron chi connectivity index (χ1n) is 5.01. The molecule has 5 nitrogen and oxygen atoms in total. The molecule has 0 aliphatic rings. The van der Waals surface area contributed by atoms with Crippen LogP contribution in [0.5, 0.6) is 0 Å². The molecule has 0 radical (unpaired) electrons. The molecule has 106 valence electrons. The van der Waals surface area contributed by atoms with Gasteiger partial charge in [0.1, 0.15) is 16.3 Å². The molecule has 1 aromatic rings. The van der Waals surface area contributed by atoms with Gasteiger partial charge in [-0.15, -0.1) is 0 Å². The quantitative estimate of drug-likeness (QED) is 0.774. The van der Waals surface area contributed by atoms with Crippen LogP contribution >= 0.6 is 11.8 Å². The Bertz CT molecular complexity index is 589. The molecule has 0 fully saturated rings. The van der Waals surface area contributed by atoms with Crippen LogP contribution in [0.3, 0.4) is 0 Å². The van der Waals surface area contributed by atoms with Crippen molar-refractivity contribution < 1.29 is 27.1 Å². The predicted molar refractivity (Wildman–Crippen MR) is 66.9 cm³/mol. The lowest BCUT2D eigenvalue weighted by Crippen LogP contribution is -2.27. The van der Waals surface area contributed by atoms with Gasteiger partial charge in [0.2, 0.25) is 10.0 Å². The third-order valence-corrected chi connectivity index (χ3v) is 4.25. The van der Waals surface area contributed by atoms with Crippen molar-refractivity contribution >= 4 is 27.8 Å². The molecule has 0 aliphatic carbocycles. The Morgan fingerprint density at radius 2 is 2.05 bits per heavy atom. The number of halogens is 2. The molecule has 0 aromatic heterocycles. The lowest BCUT2D eigenvalue weighted by Gasteiger charge is -2.09. The van der Waals surface area contributed by atoms with Gasteiger partial charge in [0.05, 0.1) is 0 Å². The van der Waals surface area contributed by atoms with E-state index in [1.54, 1.807) is 6.26 Å². The minimum atomic E-state index is -4.20. The Morgan fingerprint density at radius 3 is 2.58 bits per heavy atom. The summed E-state index contributed by atoms with van der Waals surface area (Å²) in [7, 11) is -4.20. The van der Waals surface area contributed by atoms with Crippen molar-refractivity contribution in [1.82, 2.24) is 4.72 Å². The van der Waals surface area contributed by atoms with Crippen LogP contribution in [0.25, 0.3) is 0 Å². The molecule has 9 heteroatoms. The highest BCUT2D eigenvalue weighted by Crippen LogP contribution is 2.21. The van der Waals surface area contributed by atoms with Gasteiger partial charge in [0, 0.05) is 12.3 Å². The van der Waals surface area contributed by atoms with Crippen molar-refractivity contribution in [2.45, 2.75) is 4.90 Å². The second kappa shape index (κ2) is 6.31. The Hall–Kier alpha value is -1.19. The highest BCUT2D eigenvalue weighted by atomic mass is 32.2. The summed E-state index contributed by atoms with van der Waals surface area (Å²) in [6, 6.07) is 1.30. The second-order valence-electron chi connectivity index (χ2n) is 3.43. The number of carboxylic acid groups (broad SMARTS) is 1. The normalized spacial score (nSPS) is 11.5. The molecule has 2 N–H and O–H groups in total. The molecule has 19 heavy (non-hydrogen) atoms. The summed E-state index contributed by atoms with van der Waals surface area (Å²) in [4.78, 5) is 9.80. The van der Waals surface area contributed by atoms with Crippen LogP contribution in [-0.4, -0.2) is 38.0 Å². The minimum absolute atomic E-state index is 0.0583. The maximum absolute atomic E-state index is 13.7. The van der Waals surface area contributed by atoms with Crippen molar-refractivity contribution in [1.29, 1.82) is 0 Å². The lowest BCUT2D eigenvalue weighted by molar-refractivity contribution is 0.0685. The minimum Gasteiger partial charge on any atom is -0.477 e. The van der Waals surface area contributed by atoms with Gasteiger partial charge in [-0.1, -0.05) is 0 Å². The van der Waals surface area contributed by atoms with E-state index in [0.29, 0.717) is 17.9 Å². The van der Waals surface area contributed by atoms with Crippen LogP contribution in [-0.2, 0) is 10.0 Å². The number of nitrogens with one attached hydrogen (secondary N) is 1. The maximum atomic E-state index is 13.7. The van der Waals surface area contributed by atoms with Crippen LogP contribution in [0.2, 0.25) is 0 Å². The van der Waals surface area contributed by atoms with Crippen LogP contribution < -0.4 is 4.72 Å². The summed E-state index contributed by atoms with van der Waals surface area (Å²) in [6.07, 6.45) is 1.76. The number of rotatable bonds is 6. The lowest BCUT2D eigenvalue weighted by atomic mass is 10.2. The second-order valence-corrected chi connectivity index (χ2v) is 6.15. The molecule has 0 saturated carbocycles. The van der Waals surface area contributed by atoms with Crippen molar-refractivity contribution in [3.05, 3.63) is 29.3 Å².